The molecule has 0 unspecified atom stereocenters. The minimum absolute atomic E-state index is 0.200. The van der Waals surface area contributed by atoms with Crippen LogP contribution < -0.4 is 31.4 Å². The fourth-order valence-electron chi connectivity index (χ4n) is 9.25. The molecule has 6 heteroatoms. The van der Waals surface area contributed by atoms with Crippen LogP contribution in [0.15, 0.2) is 206 Å². The summed E-state index contributed by atoms with van der Waals surface area (Å²) in [6, 6.07) is 63.4. The minimum atomic E-state index is -3.06. The topological polar surface area (TPSA) is 35.5 Å². The molecule has 0 N–H and O–H groups in total. The van der Waals surface area contributed by atoms with Gasteiger partial charge in [0.25, 0.3) is 16.6 Å². The van der Waals surface area contributed by atoms with Crippen molar-refractivity contribution in [2.75, 3.05) is 6.16 Å². The molecule has 6 aromatic carbocycles. The fraction of sp³-hybridized carbons (Fsp3) is 0.245. The van der Waals surface area contributed by atoms with Crippen molar-refractivity contribution in [1.29, 1.82) is 0 Å². The first-order valence-electron chi connectivity index (χ1n) is 21.0. The van der Waals surface area contributed by atoms with E-state index in [-0.39, 0.29) is 22.3 Å². The molecule has 1 aliphatic rings. The summed E-state index contributed by atoms with van der Waals surface area (Å²) in [4.78, 5) is 0. The molecule has 0 spiro atoms. The zero-order chi connectivity index (χ0) is 41.7. The minimum Gasteiger partial charge on any atom is -0.404 e. The van der Waals surface area contributed by atoms with Gasteiger partial charge in [-0.05, 0) is 48.4 Å². The van der Waals surface area contributed by atoms with Crippen LogP contribution in [-0.4, -0.2) is 35.0 Å². The van der Waals surface area contributed by atoms with E-state index < -0.39 is 23.8 Å². The summed E-state index contributed by atoms with van der Waals surface area (Å²) in [5, 5.41) is 6.20. The lowest BCUT2D eigenvalue weighted by molar-refractivity contribution is 0.102. The van der Waals surface area contributed by atoms with E-state index in [4.69, 9.17) is 15.4 Å². The number of benzene rings is 6. The fourth-order valence-corrected chi connectivity index (χ4v) is 21.1. The van der Waals surface area contributed by atoms with Crippen LogP contribution in [0.3, 0.4) is 0 Å². The van der Waals surface area contributed by atoms with Gasteiger partial charge in [-0.25, -0.2) is 0 Å². The van der Waals surface area contributed by atoms with E-state index in [1.165, 1.54) is 20.7 Å². The molecule has 6 aromatic rings. The Labute approximate surface area is 355 Å². The molecule has 1 aliphatic carbocycles. The smallest absolute Gasteiger partial charge is 0.261 e. The molecule has 3 nitrogen and oxygen atoms in total. The van der Waals surface area contributed by atoms with Gasteiger partial charge in [-0.15, -0.1) is 0 Å². The van der Waals surface area contributed by atoms with Crippen LogP contribution in [0.1, 0.15) is 54.4 Å². The van der Waals surface area contributed by atoms with Gasteiger partial charge in [-0.3, -0.25) is 0 Å². The summed E-state index contributed by atoms with van der Waals surface area (Å²) in [5.74, 6) is 0. The zero-order valence-corrected chi connectivity index (χ0v) is 38.4. The van der Waals surface area contributed by atoms with Gasteiger partial charge in [-0.2, -0.15) is 0 Å². The van der Waals surface area contributed by atoms with Gasteiger partial charge in [0, 0.05) is 23.2 Å². The highest BCUT2D eigenvalue weighted by molar-refractivity contribution is 7.78. The molecular formula is C53H59O3PSi2. The zero-order valence-electron chi connectivity index (χ0n) is 35.6. The van der Waals surface area contributed by atoms with Crippen molar-refractivity contribution in [1.82, 2.24) is 0 Å². The average molecular weight is 831 g/mol. The van der Waals surface area contributed by atoms with Crippen molar-refractivity contribution in [3.8, 4) is 0 Å². The van der Waals surface area contributed by atoms with Gasteiger partial charge >= 0.3 is 0 Å². The SMILES string of the molecule is C=C1C(=CCP(=O)(c2ccccc2)c2ccccc2)C[C@H](O[Si](c2ccccc2)(c2ccccc2)C(C)(C)C)C[C@@H]1O[Si](c1ccccc1)(c1ccccc1)C(C)(C)C. The standard InChI is InChI=1S/C53H59O3PSi2/c1-42-43(38-39-57(54,45-26-14-8-15-27-45)46-28-16-9-17-29-46)40-44(55-58(52(2,3)4,47-30-18-10-19-31-47)48-32-20-11-21-33-48)41-51(42)56-59(53(5,6)7,49-34-22-12-23-35-49)50-36-24-13-25-37-50/h8-38,44,51H,1,39-41H2,2-7H3/t44-,51-/m0/s1. The molecule has 302 valence electrons. The Balaban J connectivity index is 1.40. The summed E-state index contributed by atoms with van der Waals surface area (Å²) in [6.45, 7) is 18.9. The normalized spacial score (nSPS) is 17.5. The first kappa shape index (κ1) is 42.5. The summed E-state index contributed by atoms with van der Waals surface area (Å²) in [5.41, 5.74) is 2.02. The lowest BCUT2D eigenvalue weighted by Gasteiger charge is -2.49. The Hall–Kier alpha value is -4.62. The number of allylic oxidation sites excluding steroid dienone is 1. The van der Waals surface area contributed by atoms with E-state index >= 15 is 4.57 Å². The van der Waals surface area contributed by atoms with E-state index in [2.05, 4.69) is 169 Å². The molecule has 0 aromatic heterocycles. The summed E-state index contributed by atoms with van der Waals surface area (Å²) >= 11 is 0. The molecule has 7 rings (SSSR count). The van der Waals surface area contributed by atoms with Gasteiger partial charge in [0.05, 0.1) is 12.2 Å². The van der Waals surface area contributed by atoms with Crippen LogP contribution >= 0.6 is 7.14 Å². The van der Waals surface area contributed by atoms with Gasteiger partial charge in [0.2, 0.25) is 0 Å². The maximum atomic E-state index is 15.5. The lowest BCUT2D eigenvalue weighted by atomic mass is 9.86. The van der Waals surface area contributed by atoms with Crippen LogP contribution in [0.2, 0.25) is 10.1 Å². The van der Waals surface area contributed by atoms with Crippen molar-refractivity contribution in [2.24, 2.45) is 0 Å². The molecule has 0 aliphatic heterocycles. The molecule has 0 heterocycles. The van der Waals surface area contributed by atoms with Gasteiger partial charge in [-0.1, -0.05) is 236 Å². The Morgan fingerprint density at radius 1 is 0.542 bits per heavy atom. The number of rotatable bonds is 12. The van der Waals surface area contributed by atoms with Crippen LogP contribution in [0.5, 0.6) is 0 Å². The maximum Gasteiger partial charge on any atom is 0.261 e. The largest absolute Gasteiger partial charge is 0.404 e. The van der Waals surface area contributed by atoms with Crippen molar-refractivity contribution < 1.29 is 13.4 Å². The molecular weight excluding hydrogens is 772 g/mol. The maximum absolute atomic E-state index is 15.5. The molecule has 1 saturated carbocycles. The second-order valence-electron chi connectivity index (χ2n) is 18.0. The third-order valence-electron chi connectivity index (χ3n) is 12.2. The second-order valence-corrected chi connectivity index (χ2v) is 29.3. The molecule has 1 fully saturated rings. The first-order valence-corrected chi connectivity index (χ1v) is 26.7. The third kappa shape index (κ3) is 8.42. The Kier molecular flexibility index (Phi) is 12.6. The van der Waals surface area contributed by atoms with Crippen LogP contribution in [-0.2, 0) is 13.4 Å². The van der Waals surface area contributed by atoms with Gasteiger partial charge in [0.1, 0.15) is 7.14 Å². The molecule has 0 radical (unpaired) electrons. The summed E-state index contributed by atoms with van der Waals surface area (Å²) in [7, 11) is -9.04. The molecule has 0 saturated heterocycles. The van der Waals surface area contributed by atoms with Gasteiger partial charge < -0.3 is 13.4 Å². The predicted octanol–water partition coefficient (Wildman–Crippen LogP) is 10.2. The molecule has 0 bridgehead atoms. The number of hydrogen-bond donors (Lipinski definition) is 0. The van der Waals surface area contributed by atoms with Crippen LogP contribution in [0.25, 0.3) is 0 Å². The van der Waals surface area contributed by atoms with E-state index in [0.29, 0.717) is 19.0 Å². The highest BCUT2D eigenvalue weighted by Crippen LogP contribution is 2.47. The lowest BCUT2D eigenvalue weighted by Crippen LogP contribution is -2.69. The van der Waals surface area contributed by atoms with Crippen molar-refractivity contribution in [3.05, 3.63) is 206 Å². The van der Waals surface area contributed by atoms with Crippen molar-refractivity contribution in [3.63, 3.8) is 0 Å². The monoisotopic (exact) mass is 830 g/mol. The van der Waals surface area contributed by atoms with Crippen LogP contribution in [0.4, 0.5) is 0 Å². The van der Waals surface area contributed by atoms with Crippen molar-refractivity contribution in [2.45, 2.75) is 76.7 Å². The first-order chi connectivity index (χ1) is 28.3. The predicted molar refractivity (Wildman–Crippen MR) is 256 cm³/mol. The Bertz CT molecular complexity index is 2250. The molecule has 59 heavy (non-hydrogen) atoms. The van der Waals surface area contributed by atoms with Gasteiger partial charge in [0.15, 0.2) is 0 Å². The van der Waals surface area contributed by atoms with E-state index in [1.807, 2.05) is 60.7 Å². The average Bonchev–Trinajstić information content (AvgIpc) is 3.26. The quantitative estimate of drug-likeness (QED) is 0.0911. The van der Waals surface area contributed by atoms with E-state index in [1.54, 1.807) is 0 Å². The molecule has 2 atom stereocenters. The second kappa shape index (κ2) is 17.5. The molecule has 0 amide bonds. The Morgan fingerprint density at radius 3 is 1.20 bits per heavy atom. The number of hydrogen-bond acceptors (Lipinski definition) is 3. The van der Waals surface area contributed by atoms with Crippen molar-refractivity contribution >= 4 is 55.1 Å². The van der Waals surface area contributed by atoms with E-state index in [9.17, 15) is 0 Å². The highest BCUT2D eigenvalue weighted by atomic mass is 31.2. The third-order valence-corrected chi connectivity index (χ3v) is 25.3. The summed E-state index contributed by atoms with van der Waals surface area (Å²) < 4.78 is 31.4. The van der Waals surface area contributed by atoms with E-state index in [0.717, 1.165) is 21.8 Å². The highest BCUT2D eigenvalue weighted by Gasteiger charge is 2.55. The summed E-state index contributed by atoms with van der Waals surface area (Å²) in [6.07, 6.45) is 3.33. The Morgan fingerprint density at radius 2 is 0.864 bits per heavy atom. The van der Waals surface area contributed by atoms with Crippen LogP contribution in [0, 0.1) is 0 Å².